The molecule has 1 atom stereocenters. The van der Waals surface area contributed by atoms with E-state index in [4.69, 9.17) is 4.74 Å². The van der Waals surface area contributed by atoms with Crippen molar-refractivity contribution < 1.29 is 14.3 Å². The SMILES string of the molecule is COc1cccc(C(=O)Nc2ccc(SC(C)C(=O)Nc3ccccc3)cc2)c1. The van der Waals surface area contributed by atoms with Crippen molar-refractivity contribution in [1.82, 2.24) is 0 Å². The molecular weight excluding hydrogens is 384 g/mol. The Morgan fingerprint density at radius 2 is 1.55 bits per heavy atom. The summed E-state index contributed by atoms with van der Waals surface area (Å²) in [7, 11) is 1.56. The monoisotopic (exact) mass is 406 g/mol. The number of benzene rings is 3. The minimum atomic E-state index is -0.257. The fourth-order valence-electron chi connectivity index (χ4n) is 2.61. The minimum Gasteiger partial charge on any atom is -0.497 e. The predicted molar refractivity (Wildman–Crippen MR) is 118 cm³/mol. The van der Waals surface area contributed by atoms with Gasteiger partial charge in [0.15, 0.2) is 0 Å². The van der Waals surface area contributed by atoms with Crippen molar-refractivity contribution in [3.05, 3.63) is 84.4 Å². The maximum atomic E-state index is 12.4. The molecule has 3 aromatic carbocycles. The molecule has 0 bridgehead atoms. The van der Waals surface area contributed by atoms with Crippen LogP contribution in [0.15, 0.2) is 83.8 Å². The molecule has 29 heavy (non-hydrogen) atoms. The standard InChI is InChI=1S/C23H22N2O3S/c1-16(22(26)24-18-8-4-3-5-9-18)29-21-13-11-19(12-14-21)25-23(27)17-7-6-10-20(15-17)28-2/h3-16H,1-2H3,(H,24,26)(H,25,27). The number of hydrogen-bond acceptors (Lipinski definition) is 4. The van der Waals surface area contributed by atoms with Crippen LogP contribution < -0.4 is 15.4 Å². The molecule has 0 saturated heterocycles. The van der Waals surface area contributed by atoms with Crippen LogP contribution in [0.25, 0.3) is 0 Å². The number of hydrogen-bond donors (Lipinski definition) is 2. The van der Waals surface area contributed by atoms with E-state index in [1.54, 1.807) is 31.4 Å². The van der Waals surface area contributed by atoms with Crippen LogP contribution in [0.1, 0.15) is 17.3 Å². The molecule has 5 nitrogen and oxygen atoms in total. The third-order valence-corrected chi connectivity index (χ3v) is 5.28. The summed E-state index contributed by atoms with van der Waals surface area (Å²) < 4.78 is 5.15. The number of methoxy groups -OCH3 is 1. The molecule has 0 saturated carbocycles. The first kappa shape index (κ1) is 20.5. The Balaban J connectivity index is 1.56. The molecule has 2 N–H and O–H groups in total. The van der Waals surface area contributed by atoms with E-state index in [9.17, 15) is 9.59 Å². The van der Waals surface area contributed by atoms with E-state index < -0.39 is 0 Å². The molecule has 0 aliphatic carbocycles. The zero-order valence-electron chi connectivity index (χ0n) is 16.2. The molecule has 3 rings (SSSR count). The van der Waals surface area contributed by atoms with E-state index in [0.717, 1.165) is 10.6 Å². The van der Waals surface area contributed by atoms with Gasteiger partial charge in [-0.2, -0.15) is 0 Å². The van der Waals surface area contributed by atoms with Gasteiger partial charge in [-0.05, 0) is 61.5 Å². The van der Waals surface area contributed by atoms with E-state index in [0.29, 0.717) is 17.0 Å². The van der Waals surface area contributed by atoms with Crippen LogP contribution in [0.5, 0.6) is 5.75 Å². The van der Waals surface area contributed by atoms with Crippen molar-refractivity contribution in [3.8, 4) is 5.75 Å². The highest BCUT2D eigenvalue weighted by Gasteiger charge is 2.15. The Bertz CT molecular complexity index is 975. The highest BCUT2D eigenvalue weighted by Crippen LogP contribution is 2.26. The highest BCUT2D eigenvalue weighted by atomic mass is 32.2. The fraction of sp³-hybridized carbons (Fsp3) is 0.130. The van der Waals surface area contributed by atoms with Crippen molar-refractivity contribution in [2.45, 2.75) is 17.1 Å². The first-order valence-electron chi connectivity index (χ1n) is 9.13. The molecule has 1 unspecified atom stereocenters. The zero-order valence-corrected chi connectivity index (χ0v) is 17.0. The summed E-state index contributed by atoms with van der Waals surface area (Å²) in [4.78, 5) is 25.7. The third kappa shape index (κ3) is 5.86. The van der Waals surface area contributed by atoms with E-state index in [1.807, 2.05) is 61.5 Å². The van der Waals surface area contributed by atoms with Gasteiger partial charge in [0.2, 0.25) is 5.91 Å². The van der Waals surface area contributed by atoms with Gasteiger partial charge >= 0.3 is 0 Å². The highest BCUT2D eigenvalue weighted by molar-refractivity contribution is 8.00. The normalized spacial score (nSPS) is 11.4. The van der Waals surface area contributed by atoms with E-state index in [2.05, 4.69) is 10.6 Å². The van der Waals surface area contributed by atoms with Crippen molar-refractivity contribution in [3.63, 3.8) is 0 Å². The molecule has 0 aliphatic rings. The number of thioether (sulfide) groups is 1. The summed E-state index contributed by atoms with van der Waals surface area (Å²) in [6, 6.07) is 23.8. The van der Waals surface area contributed by atoms with Gasteiger partial charge < -0.3 is 15.4 Å². The number of nitrogens with one attached hydrogen (secondary N) is 2. The predicted octanol–water partition coefficient (Wildman–Crippen LogP) is 5.07. The molecule has 148 valence electrons. The van der Waals surface area contributed by atoms with Gasteiger partial charge in [0.05, 0.1) is 12.4 Å². The average Bonchev–Trinajstić information content (AvgIpc) is 2.75. The summed E-state index contributed by atoms with van der Waals surface area (Å²) in [6.45, 7) is 1.86. The first-order chi connectivity index (χ1) is 14.0. The Kier molecular flexibility index (Phi) is 6.92. The van der Waals surface area contributed by atoms with Gasteiger partial charge in [0, 0.05) is 21.8 Å². The Hall–Kier alpha value is -3.25. The van der Waals surface area contributed by atoms with Crippen molar-refractivity contribution in [2.24, 2.45) is 0 Å². The third-order valence-electron chi connectivity index (χ3n) is 4.17. The second-order valence-corrected chi connectivity index (χ2v) is 7.74. The summed E-state index contributed by atoms with van der Waals surface area (Å²) in [5.74, 6) is 0.365. The molecule has 0 aliphatic heterocycles. The fourth-order valence-corrected chi connectivity index (χ4v) is 3.47. The van der Waals surface area contributed by atoms with E-state index in [-0.39, 0.29) is 17.1 Å². The molecule has 0 spiro atoms. The number of rotatable bonds is 7. The quantitative estimate of drug-likeness (QED) is 0.538. The average molecular weight is 407 g/mol. The smallest absolute Gasteiger partial charge is 0.255 e. The molecule has 0 fully saturated rings. The maximum Gasteiger partial charge on any atom is 0.255 e. The molecule has 2 amide bonds. The number of para-hydroxylation sites is 1. The molecule has 3 aromatic rings. The summed E-state index contributed by atoms with van der Waals surface area (Å²) >= 11 is 1.46. The van der Waals surface area contributed by atoms with Crippen LogP contribution in [0.4, 0.5) is 11.4 Å². The van der Waals surface area contributed by atoms with Gasteiger partial charge in [-0.3, -0.25) is 9.59 Å². The first-order valence-corrected chi connectivity index (χ1v) is 10.0. The van der Waals surface area contributed by atoms with Crippen LogP contribution in [0.3, 0.4) is 0 Å². The largest absolute Gasteiger partial charge is 0.497 e. The Morgan fingerprint density at radius 3 is 2.24 bits per heavy atom. The van der Waals surface area contributed by atoms with Crippen molar-refractivity contribution in [1.29, 1.82) is 0 Å². The van der Waals surface area contributed by atoms with Crippen LogP contribution in [-0.4, -0.2) is 24.2 Å². The lowest BCUT2D eigenvalue weighted by Crippen LogP contribution is -2.22. The maximum absolute atomic E-state index is 12.4. The van der Waals surface area contributed by atoms with E-state index >= 15 is 0 Å². The second-order valence-electron chi connectivity index (χ2n) is 6.33. The summed E-state index contributed by atoms with van der Waals surface area (Å²) in [5.41, 5.74) is 1.98. The number of amides is 2. The van der Waals surface area contributed by atoms with E-state index in [1.165, 1.54) is 11.8 Å². The number of carbonyl (C=O) groups excluding carboxylic acids is 2. The van der Waals surface area contributed by atoms with Gasteiger partial charge in [-0.1, -0.05) is 24.3 Å². The number of anilines is 2. The lowest BCUT2D eigenvalue weighted by atomic mass is 10.2. The summed E-state index contributed by atoms with van der Waals surface area (Å²) in [6.07, 6.45) is 0. The van der Waals surface area contributed by atoms with Gasteiger partial charge in [0.25, 0.3) is 5.91 Å². The molecular formula is C23H22N2O3S. The zero-order chi connectivity index (χ0) is 20.6. The molecule has 0 heterocycles. The lowest BCUT2D eigenvalue weighted by molar-refractivity contribution is -0.115. The van der Waals surface area contributed by atoms with Crippen molar-refractivity contribution >= 4 is 35.0 Å². The minimum absolute atomic E-state index is 0.0587. The summed E-state index contributed by atoms with van der Waals surface area (Å²) in [5, 5.41) is 5.51. The second kappa shape index (κ2) is 9.80. The van der Waals surface area contributed by atoms with Crippen LogP contribution >= 0.6 is 11.8 Å². The van der Waals surface area contributed by atoms with Gasteiger partial charge in [-0.15, -0.1) is 11.8 Å². The number of ether oxygens (including phenoxy) is 1. The molecule has 6 heteroatoms. The number of carbonyl (C=O) groups is 2. The van der Waals surface area contributed by atoms with Crippen molar-refractivity contribution in [2.75, 3.05) is 17.7 Å². The topological polar surface area (TPSA) is 67.4 Å². The van der Waals surface area contributed by atoms with Gasteiger partial charge in [-0.25, -0.2) is 0 Å². The lowest BCUT2D eigenvalue weighted by Gasteiger charge is -2.12. The Morgan fingerprint density at radius 1 is 0.862 bits per heavy atom. The Labute approximate surface area is 174 Å². The molecule has 0 aromatic heterocycles. The molecule has 0 radical (unpaired) electrons. The van der Waals surface area contributed by atoms with Crippen LogP contribution in [0.2, 0.25) is 0 Å². The van der Waals surface area contributed by atoms with Crippen LogP contribution in [0, 0.1) is 0 Å². The van der Waals surface area contributed by atoms with Gasteiger partial charge in [0.1, 0.15) is 5.75 Å². The van der Waals surface area contributed by atoms with Crippen LogP contribution in [-0.2, 0) is 4.79 Å².